The van der Waals surface area contributed by atoms with Crippen molar-refractivity contribution in [2.75, 3.05) is 0 Å². The molecule has 176 valence electrons. The molecule has 0 saturated carbocycles. The molecule has 38 heavy (non-hydrogen) atoms. The number of nitrogens with zero attached hydrogens (tertiary/aromatic N) is 5. The van der Waals surface area contributed by atoms with Crippen LogP contribution in [0.15, 0.2) is 121 Å². The third-order valence-corrected chi connectivity index (χ3v) is 6.61. The molecule has 0 amide bonds. The number of fused-ring (bicyclic) bond motifs is 3. The molecule has 0 saturated heterocycles. The number of pyridine rings is 1. The Bertz CT molecular complexity index is 1870. The molecule has 3 heterocycles. The lowest BCUT2D eigenvalue weighted by atomic mass is 9.95. The molecule has 0 spiro atoms. The molecular formula is C32H20BN5. The maximum absolute atomic E-state index is 6.13. The Morgan fingerprint density at radius 2 is 1.16 bits per heavy atom. The van der Waals surface area contributed by atoms with Crippen molar-refractivity contribution in [3.05, 3.63) is 121 Å². The second kappa shape index (κ2) is 9.09. The van der Waals surface area contributed by atoms with Crippen LogP contribution in [0.5, 0.6) is 0 Å². The highest BCUT2D eigenvalue weighted by Gasteiger charge is 2.16. The molecule has 2 radical (unpaired) electrons. The molecule has 0 aliphatic rings. The zero-order chi connectivity index (χ0) is 25.5. The smallest absolute Gasteiger partial charge is 0.164 e. The second-order valence-corrected chi connectivity index (χ2v) is 9.07. The summed E-state index contributed by atoms with van der Waals surface area (Å²) < 4.78 is 2.21. The maximum atomic E-state index is 6.13. The van der Waals surface area contributed by atoms with E-state index in [-0.39, 0.29) is 0 Å². The third kappa shape index (κ3) is 3.83. The highest BCUT2D eigenvalue weighted by Crippen LogP contribution is 2.32. The largest absolute Gasteiger partial charge is 0.308 e. The van der Waals surface area contributed by atoms with Gasteiger partial charge in [-0.3, -0.25) is 4.98 Å². The fourth-order valence-electron chi connectivity index (χ4n) is 4.85. The van der Waals surface area contributed by atoms with E-state index >= 15 is 0 Å². The summed E-state index contributed by atoms with van der Waals surface area (Å²) in [5.41, 5.74) is 7.44. The Morgan fingerprint density at radius 1 is 0.526 bits per heavy atom. The molecule has 0 aliphatic carbocycles. The minimum Gasteiger partial charge on any atom is -0.308 e. The van der Waals surface area contributed by atoms with Crippen LogP contribution in [0.1, 0.15) is 0 Å². The van der Waals surface area contributed by atoms with Gasteiger partial charge < -0.3 is 4.57 Å². The van der Waals surface area contributed by atoms with Crippen molar-refractivity contribution < 1.29 is 0 Å². The standard InChI is InChI=1S/C32H20BN5/c33-24-16-17-27-26(20-24)29-28(15-8-18-34-29)38(27)25-14-7-13-23(19-25)32-36-30(21-9-3-1-4-10-21)35-31(37-32)22-11-5-2-6-12-22/h1-20H. The molecule has 0 unspecified atom stereocenters. The van der Waals surface area contributed by atoms with Gasteiger partial charge in [-0.1, -0.05) is 90.4 Å². The van der Waals surface area contributed by atoms with Gasteiger partial charge in [-0.05, 0) is 30.3 Å². The van der Waals surface area contributed by atoms with Gasteiger partial charge in [0.15, 0.2) is 17.5 Å². The first-order valence-electron chi connectivity index (χ1n) is 12.4. The average molecular weight is 485 g/mol. The number of hydrogen-bond donors (Lipinski definition) is 0. The highest BCUT2D eigenvalue weighted by atomic mass is 15.0. The number of benzene rings is 4. The van der Waals surface area contributed by atoms with E-state index in [4.69, 9.17) is 22.8 Å². The summed E-state index contributed by atoms with van der Waals surface area (Å²) in [6.07, 6.45) is 1.81. The van der Waals surface area contributed by atoms with Crippen LogP contribution in [0, 0.1) is 0 Å². The number of aromatic nitrogens is 5. The van der Waals surface area contributed by atoms with Crippen LogP contribution in [0.25, 0.3) is 61.8 Å². The van der Waals surface area contributed by atoms with E-state index < -0.39 is 0 Å². The van der Waals surface area contributed by atoms with Gasteiger partial charge in [-0.25, -0.2) is 15.0 Å². The summed E-state index contributed by atoms with van der Waals surface area (Å²) in [5, 5.41) is 1.02. The first kappa shape index (κ1) is 22.1. The van der Waals surface area contributed by atoms with Crippen molar-refractivity contribution in [2.45, 2.75) is 0 Å². The summed E-state index contributed by atoms with van der Waals surface area (Å²) in [4.78, 5) is 19.3. The molecule has 0 bridgehead atoms. The van der Waals surface area contributed by atoms with Gasteiger partial charge in [0.2, 0.25) is 0 Å². The van der Waals surface area contributed by atoms with Crippen LogP contribution in [0.3, 0.4) is 0 Å². The van der Waals surface area contributed by atoms with E-state index in [0.29, 0.717) is 22.9 Å². The lowest BCUT2D eigenvalue weighted by Gasteiger charge is -2.11. The van der Waals surface area contributed by atoms with Crippen molar-refractivity contribution in [3.8, 4) is 39.9 Å². The van der Waals surface area contributed by atoms with E-state index in [9.17, 15) is 0 Å². The van der Waals surface area contributed by atoms with Crippen LogP contribution in [0.2, 0.25) is 0 Å². The normalized spacial score (nSPS) is 11.3. The van der Waals surface area contributed by atoms with Gasteiger partial charge in [-0.15, -0.1) is 0 Å². The van der Waals surface area contributed by atoms with Crippen LogP contribution < -0.4 is 5.46 Å². The van der Waals surface area contributed by atoms with Crippen molar-refractivity contribution in [3.63, 3.8) is 0 Å². The predicted octanol–water partition coefficient (Wildman–Crippen LogP) is 6.16. The quantitative estimate of drug-likeness (QED) is 0.280. The fourth-order valence-corrected chi connectivity index (χ4v) is 4.85. The first-order valence-corrected chi connectivity index (χ1v) is 12.4. The molecule has 5 nitrogen and oxygen atoms in total. The Kier molecular flexibility index (Phi) is 5.29. The SMILES string of the molecule is [B]c1ccc2c(c1)c1ncccc1n2-c1cccc(-c2nc(-c3ccccc3)nc(-c3ccccc3)n2)c1. The zero-order valence-corrected chi connectivity index (χ0v) is 20.4. The van der Waals surface area contributed by atoms with E-state index in [1.54, 1.807) is 0 Å². The van der Waals surface area contributed by atoms with Crippen LogP contribution in [-0.2, 0) is 0 Å². The molecule has 6 heteroatoms. The van der Waals surface area contributed by atoms with Gasteiger partial charge in [-0.2, -0.15) is 0 Å². The monoisotopic (exact) mass is 485 g/mol. The summed E-state index contributed by atoms with van der Waals surface area (Å²) in [6.45, 7) is 0. The summed E-state index contributed by atoms with van der Waals surface area (Å²) >= 11 is 0. The number of hydrogen-bond acceptors (Lipinski definition) is 4. The predicted molar refractivity (Wildman–Crippen MR) is 154 cm³/mol. The lowest BCUT2D eigenvalue weighted by molar-refractivity contribution is 1.07. The molecular weight excluding hydrogens is 465 g/mol. The Morgan fingerprint density at radius 3 is 1.84 bits per heavy atom. The van der Waals surface area contributed by atoms with E-state index in [0.717, 1.165) is 44.3 Å². The van der Waals surface area contributed by atoms with Gasteiger partial charge in [0, 0.05) is 34.0 Å². The molecule has 0 fully saturated rings. The average Bonchev–Trinajstić information content (AvgIpc) is 3.31. The summed E-state index contributed by atoms with van der Waals surface area (Å²) in [6, 6.07) is 38.2. The van der Waals surface area contributed by atoms with Crippen molar-refractivity contribution >= 4 is 35.2 Å². The molecule has 3 aromatic heterocycles. The molecule has 7 rings (SSSR count). The summed E-state index contributed by atoms with van der Waals surface area (Å²) in [7, 11) is 6.13. The van der Waals surface area contributed by atoms with Gasteiger partial charge >= 0.3 is 0 Å². The van der Waals surface area contributed by atoms with Crippen molar-refractivity contribution in [2.24, 2.45) is 0 Å². The summed E-state index contributed by atoms with van der Waals surface area (Å²) in [5.74, 6) is 1.88. The first-order chi connectivity index (χ1) is 18.7. The lowest BCUT2D eigenvalue weighted by Crippen LogP contribution is -2.02. The molecule has 0 N–H and O–H groups in total. The van der Waals surface area contributed by atoms with Crippen LogP contribution in [0.4, 0.5) is 0 Å². The molecule has 7 aromatic rings. The second-order valence-electron chi connectivity index (χ2n) is 9.07. The topological polar surface area (TPSA) is 56.5 Å². The van der Waals surface area contributed by atoms with Crippen molar-refractivity contribution in [1.29, 1.82) is 0 Å². The fraction of sp³-hybridized carbons (Fsp3) is 0. The van der Waals surface area contributed by atoms with Gasteiger partial charge in [0.25, 0.3) is 0 Å². The zero-order valence-electron chi connectivity index (χ0n) is 20.4. The molecule has 4 aromatic carbocycles. The van der Waals surface area contributed by atoms with E-state index in [1.165, 1.54) is 0 Å². The molecule has 0 atom stereocenters. The Balaban J connectivity index is 1.44. The Hall–Kier alpha value is -5.10. The van der Waals surface area contributed by atoms with Crippen LogP contribution in [-0.4, -0.2) is 32.3 Å². The minimum absolute atomic E-state index is 0.614. The van der Waals surface area contributed by atoms with E-state index in [2.05, 4.69) is 27.8 Å². The third-order valence-electron chi connectivity index (χ3n) is 6.61. The van der Waals surface area contributed by atoms with E-state index in [1.807, 2.05) is 103 Å². The van der Waals surface area contributed by atoms with Crippen LogP contribution >= 0.6 is 0 Å². The van der Waals surface area contributed by atoms with Gasteiger partial charge in [0.05, 0.1) is 16.6 Å². The van der Waals surface area contributed by atoms with Crippen molar-refractivity contribution in [1.82, 2.24) is 24.5 Å². The molecule has 0 aliphatic heterocycles. The number of rotatable bonds is 4. The Labute approximate surface area is 220 Å². The maximum Gasteiger partial charge on any atom is 0.164 e. The van der Waals surface area contributed by atoms with Gasteiger partial charge in [0.1, 0.15) is 7.85 Å². The highest BCUT2D eigenvalue weighted by molar-refractivity contribution is 6.33. The minimum atomic E-state index is 0.614.